The summed E-state index contributed by atoms with van der Waals surface area (Å²) in [6, 6.07) is 17.0. The summed E-state index contributed by atoms with van der Waals surface area (Å²) in [6.45, 7) is 0. The second kappa shape index (κ2) is 5.61. The van der Waals surface area contributed by atoms with Gasteiger partial charge in [0.25, 0.3) is 0 Å². The van der Waals surface area contributed by atoms with Crippen LogP contribution in [-0.4, -0.2) is 4.98 Å². The Balaban J connectivity index is 1.92. The topological polar surface area (TPSA) is 12.9 Å². The van der Waals surface area contributed by atoms with E-state index < -0.39 is 0 Å². The second-order valence-corrected chi connectivity index (χ2v) is 6.92. The number of rotatable bonds is 2. The Morgan fingerprint density at radius 2 is 1.37 bits per heavy atom. The van der Waals surface area contributed by atoms with Crippen molar-refractivity contribution in [3.05, 3.63) is 62.8 Å². The molecule has 0 amide bonds. The molecule has 94 valence electrons. The van der Waals surface area contributed by atoms with Crippen LogP contribution in [0.25, 0.3) is 21.6 Å². The van der Waals surface area contributed by atoms with Gasteiger partial charge in [0.15, 0.2) is 4.47 Å². The van der Waals surface area contributed by atoms with Gasteiger partial charge in [-0.1, -0.05) is 48.0 Å². The summed E-state index contributed by atoms with van der Waals surface area (Å²) in [5, 5.41) is 0. The Morgan fingerprint density at radius 1 is 0.842 bits per heavy atom. The Morgan fingerprint density at radius 3 is 1.89 bits per heavy atom. The van der Waals surface area contributed by atoms with Crippen LogP contribution in [0.5, 0.6) is 0 Å². The smallest absolute Gasteiger partial charge is 0.184 e. The molecule has 0 bridgehead atoms. The highest BCUT2D eigenvalue weighted by Crippen LogP contribution is 2.30. The molecule has 1 heterocycles. The first-order valence-corrected chi connectivity index (χ1v) is 7.97. The first kappa shape index (κ1) is 13.1. The zero-order valence-corrected chi connectivity index (χ0v) is 13.5. The number of aromatic nitrogens is 1. The van der Waals surface area contributed by atoms with Crippen molar-refractivity contribution in [1.82, 2.24) is 4.98 Å². The predicted molar refractivity (Wildman–Crippen MR) is 90.7 cm³/mol. The van der Waals surface area contributed by atoms with Gasteiger partial charge in [-0.2, -0.15) is 0 Å². The van der Waals surface area contributed by atoms with Crippen molar-refractivity contribution in [3.63, 3.8) is 0 Å². The van der Waals surface area contributed by atoms with Gasteiger partial charge in [0.1, 0.15) is 0 Å². The van der Waals surface area contributed by atoms with Gasteiger partial charge in [0, 0.05) is 9.77 Å². The molecule has 0 saturated heterocycles. The van der Waals surface area contributed by atoms with Crippen LogP contribution >= 0.6 is 45.5 Å². The molecule has 0 aliphatic heterocycles. The number of hydrogen-bond acceptors (Lipinski definition) is 2. The lowest BCUT2D eigenvalue weighted by molar-refractivity contribution is 1.42. The Kier molecular flexibility index (Phi) is 3.86. The molecule has 0 aliphatic carbocycles. The first-order chi connectivity index (χ1) is 9.22. The number of thiazole rings is 1. The van der Waals surface area contributed by atoms with Gasteiger partial charge in [-0.25, -0.2) is 4.98 Å². The van der Waals surface area contributed by atoms with E-state index in [1.165, 1.54) is 26.0 Å². The van der Waals surface area contributed by atoms with Crippen LogP contribution in [0.4, 0.5) is 0 Å². The first-order valence-electron chi connectivity index (χ1n) is 5.70. The van der Waals surface area contributed by atoms with Gasteiger partial charge in [-0.05, 0) is 51.4 Å². The van der Waals surface area contributed by atoms with E-state index in [1.54, 1.807) is 0 Å². The number of benzene rings is 2. The summed E-state index contributed by atoms with van der Waals surface area (Å²) in [4.78, 5) is 5.16. The zero-order chi connectivity index (χ0) is 13.2. The van der Waals surface area contributed by atoms with Crippen LogP contribution in [0.15, 0.2) is 54.7 Å². The third-order valence-electron chi connectivity index (χ3n) is 2.82. The van der Waals surface area contributed by atoms with Crippen molar-refractivity contribution >= 4 is 45.5 Å². The SMILES string of the molecule is Clc1ncc(-c2ccc(-c3ccc(I)cc3)cc2)s1. The van der Waals surface area contributed by atoms with Crippen molar-refractivity contribution in [1.29, 1.82) is 0 Å². The highest BCUT2D eigenvalue weighted by atomic mass is 127. The largest absolute Gasteiger partial charge is 0.233 e. The van der Waals surface area contributed by atoms with Crippen LogP contribution in [0.1, 0.15) is 0 Å². The molecule has 3 aromatic rings. The minimum absolute atomic E-state index is 0.580. The highest BCUT2D eigenvalue weighted by Gasteiger charge is 2.03. The molecular weight excluding hydrogens is 389 g/mol. The van der Waals surface area contributed by atoms with Crippen LogP contribution in [-0.2, 0) is 0 Å². The lowest BCUT2D eigenvalue weighted by Crippen LogP contribution is -1.79. The summed E-state index contributed by atoms with van der Waals surface area (Å²) in [7, 11) is 0. The molecule has 0 unspecified atom stereocenters. The standard InChI is InChI=1S/C15H9ClINS/c16-15-18-9-14(19-15)12-3-1-10(2-4-12)11-5-7-13(17)8-6-11/h1-9H. The lowest BCUT2D eigenvalue weighted by Gasteiger charge is -2.03. The third-order valence-corrected chi connectivity index (χ3v) is 4.71. The molecule has 1 nitrogen and oxygen atoms in total. The maximum absolute atomic E-state index is 5.86. The molecule has 0 fully saturated rings. The van der Waals surface area contributed by atoms with E-state index in [-0.39, 0.29) is 0 Å². The fourth-order valence-corrected chi connectivity index (χ4v) is 3.16. The molecule has 4 heteroatoms. The van der Waals surface area contributed by atoms with Crippen molar-refractivity contribution in [2.24, 2.45) is 0 Å². The minimum atomic E-state index is 0.580. The van der Waals surface area contributed by atoms with Gasteiger partial charge in [-0.3, -0.25) is 0 Å². The van der Waals surface area contributed by atoms with Gasteiger partial charge in [0.05, 0.1) is 4.88 Å². The molecule has 0 aliphatic rings. The van der Waals surface area contributed by atoms with E-state index in [4.69, 9.17) is 11.6 Å². The van der Waals surface area contributed by atoms with E-state index in [1.807, 2.05) is 6.20 Å². The lowest BCUT2D eigenvalue weighted by atomic mass is 10.0. The summed E-state index contributed by atoms with van der Waals surface area (Å²) >= 11 is 9.67. The van der Waals surface area contributed by atoms with Crippen LogP contribution in [0.3, 0.4) is 0 Å². The van der Waals surface area contributed by atoms with E-state index in [2.05, 4.69) is 76.1 Å². The normalized spacial score (nSPS) is 10.6. The van der Waals surface area contributed by atoms with Crippen molar-refractivity contribution in [2.45, 2.75) is 0 Å². The fourth-order valence-electron chi connectivity index (χ4n) is 1.86. The average molecular weight is 398 g/mol. The minimum Gasteiger partial charge on any atom is -0.233 e. The summed E-state index contributed by atoms with van der Waals surface area (Å²) in [5.41, 5.74) is 3.60. The molecule has 0 spiro atoms. The predicted octanol–water partition coefficient (Wildman–Crippen LogP) is 5.74. The van der Waals surface area contributed by atoms with Crippen LogP contribution in [0, 0.1) is 3.57 Å². The molecule has 0 atom stereocenters. The third kappa shape index (κ3) is 2.99. The molecule has 0 N–H and O–H groups in total. The van der Waals surface area contributed by atoms with E-state index in [9.17, 15) is 0 Å². The number of halogens is 2. The molecule has 1 aromatic heterocycles. The van der Waals surface area contributed by atoms with Crippen molar-refractivity contribution in [2.75, 3.05) is 0 Å². The molecule has 0 radical (unpaired) electrons. The molecule has 19 heavy (non-hydrogen) atoms. The van der Waals surface area contributed by atoms with Gasteiger partial charge in [0.2, 0.25) is 0 Å². The van der Waals surface area contributed by atoms with Gasteiger partial charge >= 0.3 is 0 Å². The maximum Gasteiger partial charge on any atom is 0.184 e. The van der Waals surface area contributed by atoms with Gasteiger partial charge < -0.3 is 0 Å². The Bertz CT molecular complexity index is 689. The Hall–Kier alpha value is -0.910. The van der Waals surface area contributed by atoms with Crippen molar-refractivity contribution in [3.8, 4) is 21.6 Å². The molecule has 3 rings (SSSR count). The summed E-state index contributed by atoms with van der Waals surface area (Å²) in [6.07, 6.45) is 1.81. The summed E-state index contributed by atoms with van der Waals surface area (Å²) in [5.74, 6) is 0. The maximum atomic E-state index is 5.86. The van der Waals surface area contributed by atoms with Crippen LogP contribution in [0.2, 0.25) is 4.47 Å². The average Bonchev–Trinajstić information content (AvgIpc) is 2.87. The van der Waals surface area contributed by atoms with E-state index in [0.717, 1.165) is 10.4 Å². The van der Waals surface area contributed by atoms with Gasteiger partial charge in [-0.15, -0.1) is 11.3 Å². The number of nitrogens with zero attached hydrogens (tertiary/aromatic N) is 1. The zero-order valence-electron chi connectivity index (χ0n) is 9.81. The van der Waals surface area contributed by atoms with E-state index in [0.29, 0.717) is 4.47 Å². The molecular formula is C15H9ClINS. The number of hydrogen-bond donors (Lipinski definition) is 0. The monoisotopic (exact) mass is 397 g/mol. The second-order valence-electron chi connectivity index (χ2n) is 4.06. The van der Waals surface area contributed by atoms with Crippen molar-refractivity contribution < 1.29 is 0 Å². The Labute approximate surface area is 134 Å². The molecule has 0 saturated carbocycles. The van der Waals surface area contributed by atoms with E-state index >= 15 is 0 Å². The summed E-state index contributed by atoms with van der Waals surface area (Å²) < 4.78 is 1.83. The fraction of sp³-hybridized carbons (Fsp3) is 0. The highest BCUT2D eigenvalue weighted by molar-refractivity contribution is 14.1. The van der Waals surface area contributed by atoms with Crippen LogP contribution < -0.4 is 0 Å². The quantitative estimate of drug-likeness (QED) is 0.503. The molecule has 2 aromatic carbocycles.